The number of carbonyl (C=O) groups is 1. The summed E-state index contributed by atoms with van der Waals surface area (Å²) in [5.74, 6) is 0.838. The normalized spacial score (nSPS) is 10.9. The fourth-order valence-electron chi connectivity index (χ4n) is 2.33. The van der Waals surface area contributed by atoms with Crippen LogP contribution in [0.2, 0.25) is 0 Å². The Balaban J connectivity index is 1.49. The summed E-state index contributed by atoms with van der Waals surface area (Å²) in [6.45, 7) is 2.70. The second kappa shape index (κ2) is 10.6. The van der Waals surface area contributed by atoms with Gasteiger partial charge >= 0.3 is 0 Å². The maximum absolute atomic E-state index is 12.0. The van der Waals surface area contributed by atoms with Gasteiger partial charge in [0.25, 0.3) is 5.91 Å². The molecule has 1 amide bonds. The number of thiazole rings is 1. The number of hydrazone groups is 1. The number of hydrogen-bond donors (Lipinski definition) is 1. The van der Waals surface area contributed by atoms with Crippen LogP contribution in [0.15, 0.2) is 69.4 Å². The third kappa shape index (κ3) is 5.94. The van der Waals surface area contributed by atoms with E-state index in [4.69, 9.17) is 4.74 Å². The Morgan fingerprint density at radius 2 is 2.00 bits per heavy atom. The summed E-state index contributed by atoms with van der Waals surface area (Å²) in [4.78, 5) is 16.6. The SMILES string of the molecule is CCCOc1ccccc1/C=N/NC(=O)CSc1nc(-c2ccccc2)cs1. The Labute approximate surface area is 172 Å². The number of nitrogens with zero attached hydrogens (tertiary/aromatic N) is 2. The molecule has 7 heteroatoms. The average Bonchev–Trinajstić information content (AvgIpc) is 3.21. The Kier molecular flexibility index (Phi) is 7.63. The molecule has 1 aromatic heterocycles. The third-order valence-electron chi connectivity index (χ3n) is 3.65. The van der Waals surface area contributed by atoms with Crippen molar-refractivity contribution in [1.29, 1.82) is 0 Å². The van der Waals surface area contributed by atoms with Gasteiger partial charge in [0.05, 0.1) is 24.3 Å². The molecule has 3 aromatic rings. The molecule has 0 saturated heterocycles. The molecule has 0 radical (unpaired) electrons. The van der Waals surface area contributed by atoms with Crippen LogP contribution in [-0.2, 0) is 4.79 Å². The van der Waals surface area contributed by atoms with E-state index >= 15 is 0 Å². The molecule has 0 fully saturated rings. The highest BCUT2D eigenvalue weighted by atomic mass is 32.2. The Hall–Kier alpha value is -2.64. The topological polar surface area (TPSA) is 63.6 Å². The quantitative estimate of drug-likeness (QED) is 0.311. The summed E-state index contributed by atoms with van der Waals surface area (Å²) in [7, 11) is 0. The van der Waals surface area contributed by atoms with Crippen molar-refractivity contribution in [2.75, 3.05) is 12.4 Å². The molecule has 0 saturated carbocycles. The maximum Gasteiger partial charge on any atom is 0.250 e. The predicted octanol–water partition coefficient (Wildman–Crippen LogP) is 4.84. The first-order chi connectivity index (χ1) is 13.8. The molecule has 0 spiro atoms. The van der Waals surface area contributed by atoms with Crippen molar-refractivity contribution in [1.82, 2.24) is 10.4 Å². The first-order valence-electron chi connectivity index (χ1n) is 8.93. The Bertz CT molecular complexity index is 926. The van der Waals surface area contributed by atoms with E-state index in [1.54, 1.807) is 6.21 Å². The average molecular weight is 412 g/mol. The molecule has 28 heavy (non-hydrogen) atoms. The molecule has 0 unspecified atom stereocenters. The molecule has 0 aliphatic rings. The van der Waals surface area contributed by atoms with Gasteiger partial charge < -0.3 is 4.74 Å². The van der Waals surface area contributed by atoms with Crippen LogP contribution < -0.4 is 10.2 Å². The smallest absolute Gasteiger partial charge is 0.250 e. The molecular formula is C21H21N3O2S2. The zero-order valence-electron chi connectivity index (χ0n) is 15.5. The number of aromatic nitrogens is 1. The molecule has 0 aliphatic heterocycles. The molecule has 0 atom stereocenters. The summed E-state index contributed by atoms with van der Waals surface area (Å²) in [6.07, 6.45) is 2.53. The lowest BCUT2D eigenvalue weighted by atomic mass is 10.2. The van der Waals surface area contributed by atoms with Gasteiger partial charge in [-0.3, -0.25) is 4.79 Å². The molecule has 5 nitrogen and oxygen atoms in total. The number of rotatable bonds is 9. The van der Waals surface area contributed by atoms with Crippen LogP contribution >= 0.6 is 23.1 Å². The van der Waals surface area contributed by atoms with Crippen LogP contribution in [-0.4, -0.2) is 29.5 Å². The van der Waals surface area contributed by atoms with Gasteiger partial charge in [0.1, 0.15) is 5.75 Å². The number of thioether (sulfide) groups is 1. The lowest BCUT2D eigenvalue weighted by molar-refractivity contribution is -0.118. The monoisotopic (exact) mass is 411 g/mol. The van der Waals surface area contributed by atoms with E-state index in [-0.39, 0.29) is 11.7 Å². The van der Waals surface area contributed by atoms with Crippen molar-refractivity contribution in [3.05, 3.63) is 65.5 Å². The van der Waals surface area contributed by atoms with E-state index in [0.29, 0.717) is 6.61 Å². The molecule has 1 heterocycles. The van der Waals surface area contributed by atoms with Gasteiger partial charge in [0.2, 0.25) is 0 Å². The molecule has 0 aliphatic carbocycles. The molecule has 0 bridgehead atoms. The van der Waals surface area contributed by atoms with Gasteiger partial charge in [-0.1, -0.05) is 61.2 Å². The number of amides is 1. The number of nitrogens with one attached hydrogen (secondary N) is 1. The number of ether oxygens (including phenoxy) is 1. The van der Waals surface area contributed by atoms with E-state index in [0.717, 1.165) is 33.3 Å². The van der Waals surface area contributed by atoms with Crippen LogP contribution in [0.4, 0.5) is 0 Å². The number of benzene rings is 2. The second-order valence-corrected chi connectivity index (χ2v) is 7.91. The summed E-state index contributed by atoms with van der Waals surface area (Å²) < 4.78 is 6.53. The van der Waals surface area contributed by atoms with Gasteiger partial charge in [0.15, 0.2) is 4.34 Å². The first kappa shape index (κ1) is 20.1. The van der Waals surface area contributed by atoms with E-state index < -0.39 is 0 Å². The van der Waals surface area contributed by atoms with Crippen molar-refractivity contribution < 1.29 is 9.53 Å². The largest absolute Gasteiger partial charge is 0.493 e. The first-order valence-corrected chi connectivity index (χ1v) is 10.8. The van der Waals surface area contributed by atoms with Crippen molar-refractivity contribution in [3.8, 4) is 17.0 Å². The van der Waals surface area contributed by atoms with Gasteiger partial charge in [-0.15, -0.1) is 11.3 Å². The van der Waals surface area contributed by atoms with Crippen LogP contribution in [0.1, 0.15) is 18.9 Å². The van der Waals surface area contributed by atoms with Crippen LogP contribution in [0.3, 0.4) is 0 Å². The number of para-hydroxylation sites is 1. The maximum atomic E-state index is 12.0. The highest BCUT2D eigenvalue weighted by molar-refractivity contribution is 8.01. The highest BCUT2D eigenvalue weighted by Gasteiger charge is 2.07. The van der Waals surface area contributed by atoms with E-state index in [1.165, 1.54) is 23.1 Å². The lowest BCUT2D eigenvalue weighted by Crippen LogP contribution is -2.19. The Morgan fingerprint density at radius 3 is 2.82 bits per heavy atom. The fraction of sp³-hybridized carbons (Fsp3) is 0.190. The molecule has 3 rings (SSSR count). The second-order valence-electron chi connectivity index (χ2n) is 5.83. The van der Waals surface area contributed by atoms with Gasteiger partial charge in [-0.05, 0) is 18.6 Å². The van der Waals surface area contributed by atoms with Gasteiger partial charge in [-0.25, -0.2) is 10.4 Å². The number of carbonyl (C=O) groups excluding carboxylic acids is 1. The predicted molar refractivity (Wildman–Crippen MR) is 116 cm³/mol. The third-order valence-corrected chi connectivity index (χ3v) is 5.67. The van der Waals surface area contributed by atoms with Crippen molar-refractivity contribution >= 4 is 35.2 Å². The van der Waals surface area contributed by atoms with Crippen molar-refractivity contribution in [2.45, 2.75) is 17.7 Å². The van der Waals surface area contributed by atoms with E-state index in [9.17, 15) is 4.79 Å². The van der Waals surface area contributed by atoms with Crippen molar-refractivity contribution in [3.63, 3.8) is 0 Å². The molecule has 2 aromatic carbocycles. The lowest BCUT2D eigenvalue weighted by Gasteiger charge is -2.07. The highest BCUT2D eigenvalue weighted by Crippen LogP contribution is 2.27. The Morgan fingerprint density at radius 1 is 1.21 bits per heavy atom. The van der Waals surface area contributed by atoms with E-state index in [1.807, 2.05) is 60.0 Å². The van der Waals surface area contributed by atoms with Gasteiger partial charge in [-0.2, -0.15) is 5.10 Å². The van der Waals surface area contributed by atoms with Gasteiger partial charge in [0, 0.05) is 16.5 Å². The summed E-state index contributed by atoms with van der Waals surface area (Å²) >= 11 is 2.93. The summed E-state index contributed by atoms with van der Waals surface area (Å²) in [6, 6.07) is 17.6. The summed E-state index contributed by atoms with van der Waals surface area (Å²) in [5.41, 5.74) is 5.38. The zero-order valence-corrected chi connectivity index (χ0v) is 17.1. The fourth-order valence-corrected chi connectivity index (χ4v) is 3.96. The summed E-state index contributed by atoms with van der Waals surface area (Å²) in [5, 5.41) is 6.04. The zero-order chi connectivity index (χ0) is 19.6. The molecule has 144 valence electrons. The van der Waals surface area contributed by atoms with Crippen LogP contribution in [0.5, 0.6) is 5.75 Å². The van der Waals surface area contributed by atoms with Crippen molar-refractivity contribution in [2.24, 2.45) is 5.10 Å². The minimum absolute atomic E-state index is 0.176. The number of hydrogen-bond acceptors (Lipinski definition) is 6. The molecular weight excluding hydrogens is 390 g/mol. The minimum Gasteiger partial charge on any atom is -0.493 e. The van der Waals surface area contributed by atoms with E-state index in [2.05, 4.69) is 22.4 Å². The van der Waals surface area contributed by atoms with Crippen LogP contribution in [0.25, 0.3) is 11.3 Å². The standard InChI is InChI=1S/C21H21N3O2S2/c1-2-12-26-19-11-7-6-10-17(19)13-22-24-20(25)15-28-21-23-18(14-27-21)16-8-4-3-5-9-16/h3-11,13-14H,2,12,15H2,1H3,(H,24,25)/b22-13+. The van der Waals surface area contributed by atoms with Crippen LogP contribution in [0, 0.1) is 0 Å². The minimum atomic E-state index is -0.176. The molecule has 1 N–H and O–H groups in total.